The Kier molecular flexibility index (Phi) is 11.6. The maximum atomic E-state index is 10.2. The summed E-state index contributed by atoms with van der Waals surface area (Å²) in [5.74, 6) is -1.76. The van der Waals surface area contributed by atoms with Crippen LogP contribution < -0.4 is 0 Å². The van der Waals surface area contributed by atoms with E-state index < -0.39 is 11.9 Å². The van der Waals surface area contributed by atoms with Gasteiger partial charge in [0.2, 0.25) is 0 Å². The second kappa shape index (κ2) is 13.3. The zero-order chi connectivity index (χ0) is 17.6. The van der Waals surface area contributed by atoms with Crippen molar-refractivity contribution in [2.45, 2.75) is 0 Å². The molecule has 1 heterocycles. The van der Waals surface area contributed by atoms with E-state index in [4.69, 9.17) is 10.2 Å². The molecule has 0 aliphatic rings. The Labute approximate surface area is 152 Å². The van der Waals surface area contributed by atoms with Crippen molar-refractivity contribution in [1.29, 1.82) is 0 Å². The Bertz CT molecular complexity index is 650. The summed E-state index contributed by atoms with van der Waals surface area (Å²) in [4.78, 5) is 27.7. The number of carboxylic acids is 2. The normalized spacial score (nSPS) is 8.32. The summed E-state index contributed by atoms with van der Waals surface area (Å²) in [5.41, 5.74) is 0.662. The third-order valence-electron chi connectivity index (χ3n) is 2.52. The third kappa shape index (κ3) is 10.2. The molecule has 0 radical (unpaired) electrons. The lowest BCUT2D eigenvalue weighted by Crippen LogP contribution is -1.93. The first kappa shape index (κ1) is 21.8. The number of carbonyl (C=O) groups is 2. The fourth-order valence-electron chi connectivity index (χ4n) is 1.41. The predicted octanol–water partition coefficient (Wildman–Crippen LogP) is 3.36. The molecule has 0 spiro atoms. The second-order valence-electron chi connectivity index (χ2n) is 4.25. The van der Waals surface area contributed by atoms with Gasteiger partial charge in [0, 0.05) is 12.4 Å². The highest BCUT2D eigenvalue weighted by Crippen LogP contribution is 1.96. The number of rotatable bonds is 2. The van der Waals surface area contributed by atoms with Crippen LogP contribution in [0, 0.1) is 0 Å². The average molecular weight is 358 g/mol. The van der Waals surface area contributed by atoms with Crippen LogP contribution in [0.15, 0.2) is 85.5 Å². The van der Waals surface area contributed by atoms with Crippen LogP contribution in [0.4, 0.5) is 0 Å². The number of carboxylic acid groups (broad SMARTS) is 2. The minimum Gasteiger partial charge on any atom is -0.478 e. The number of nitrogens with zero attached hydrogens (tertiary/aromatic N) is 2. The van der Waals surface area contributed by atoms with Crippen molar-refractivity contribution in [1.82, 2.24) is 9.97 Å². The van der Waals surface area contributed by atoms with Crippen molar-refractivity contribution < 1.29 is 19.8 Å². The van der Waals surface area contributed by atoms with Crippen LogP contribution in [0.1, 0.15) is 20.7 Å². The highest BCUT2D eigenvalue weighted by Gasteiger charge is 1.97. The van der Waals surface area contributed by atoms with Gasteiger partial charge in [-0.25, -0.2) is 19.6 Å². The molecule has 0 aliphatic heterocycles. The van der Waals surface area contributed by atoms with Crippen LogP contribution in [-0.4, -0.2) is 32.1 Å². The molecule has 25 heavy (non-hydrogen) atoms. The number of aromatic nitrogens is 2. The molecular formula is C18H18N2O4S. The van der Waals surface area contributed by atoms with Gasteiger partial charge < -0.3 is 10.2 Å². The van der Waals surface area contributed by atoms with E-state index in [1.54, 1.807) is 79.1 Å². The Morgan fingerprint density at radius 3 is 1.16 bits per heavy atom. The van der Waals surface area contributed by atoms with Gasteiger partial charge >= 0.3 is 11.9 Å². The van der Waals surface area contributed by atoms with E-state index in [0.717, 1.165) is 0 Å². The summed E-state index contributed by atoms with van der Waals surface area (Å²) < 4.78 is 0. The Balaban J connectivity index is 0.000000346. The van der Waals surface area contributed by atoms with Crippen molar-refractivity contribution >= 4 is 25.4 Å². The number of benzene rings is 2. The molecule has 0 saturated carbocycles. The Morgan fingerprint density at radius 2 is 1.00 bits per heavy atom. The summed E-state index contributed by atoms with van der Waals surface area (Å²) in [6.45, 7) is 0. The second-order valence-corrected chi connectivity index (χ2v) is 4.25. The van der Waals surface area contributed by atoms with Crippen LogP contribution >= 0.6 is 13.5 Å². The van der Waals surface area contributed by atoms with Crippen LogP contribution in [0.5, 0.6) is 0 Å². The number of hydrogen-bond acceptors (Lipinski definition) is 4. The molecule has 0 bridgehead atoms. The lowest BCUT2D eigenvalue weighted by atomic mass is 10.2. The highest BCUT2D eigenvalue weighted by molar-refractivity contribution is 7.59. The third-order valence-corrected chi connectivity index (χ3v) is 2.52. The molecule has 0 fully saturated rings. The Morgan fingerprint density at radius 1 is 0.640 bits per heavy atom. The maximum absolute atomic E-state index is 10.2. The molecule has 6 nitrogen and oxygen atoms in total. The summed E-state index contributed by atoms with van der Waals surface area (Å²) in [7, 11) is 0. The van der Waals surface area contributed by atoms with Gasteiger partial charge in [-0.05, 0) is 30.3 Å². The Hall–Kier alpha value is -3.19. The van der Waals surface area contributed by atoms with E-state index in [9.17, 15) is 9.59 Å². The standard InChI is InChI=1S/2C7H6O2.C4H4N2.H2S/c2*8-7(9)6-4-2-1-3-5-6;1-2-5-4-6-3-1;/h2*1-5H,(H,8,9);1-4H;1H2. The molecule has 0 aliphatic carbocycles. The molecule has 7 heteroatoms. The summed E-state index contributed by atoms with van der Waals surface area (Å²) in [6, 6.07) is 18.4. The highest BCUT2D eigenvalue weighted by atomic mass is 32.1. The van der Waals surface area contributed by atoms with Gasteiger partial charge in [-0.3, -0.25) is 0 Å². The summed E-state index contributed by atoms with van der Waals surface area (Å²) in [6.07, 6.45) is 4.88. The quantitative estimate of drug-likeness (QED) is 0.728. The van der Waals surface area contributed by atoms with Gasteiger partial charge in [0.25, 0.3) is 0 Å². The first-order valence-electron chi connectivity index (χ1n) is 6.88. The predicted molar refractivity (Wildman–Crippen MR) is 99.2 cm³/mol. The lowest BCUT2D eigenvalue weighted by Gasteiger charge is -1.88. The summed E-state index contributed by atoms with van der Waals surface area (Å²) >= 11 is 0. The molecule has 1 aromatic heterocycles. The molecule has 3 aromatic rings. The van der Waals surface area contributed by atoms with Gasteiger partial charge in [0.1, 0.15) is 6.33 Å². The van der Waals surface area contributed by atoms with E-state index in [2.05, 4.69) is 9.97 Å². The van der Waals surface area contributed by atoms with E-state index in [1.165, 1.54) is 6.33 Å². The fourth-order valence-corrected chi connectivity index (χ4v) is 1.41. The fraction of sp³-hybridized carbons (Fsp3) is 0. The van der Waals surface area contributed by atoms with Crippen molar-refractivity contribution in [3.8, 4) is 0 Å². The molecule has 2 N–H and O–H groups in total. The SMILES string of the molecule is O=C(O)c1ccccc1.O=C(O)c1ccccc1.S.c1cncnc1. The first-order chi connectivity index (χ1) is 11.6. The van der Waals surface area contributed by atoms with E-state index in [-0.39, 0.29) is 13.5 Å². The van der Waals surface area contributed by atoms with E-state index in [0.29, 0.717) is 11.1 Å². The van der Waals surface area contributed by atoms with Crippen LogP contribution in [0.25, 0.3) is 0 Å². The summed E-state index contributed by atoms with van der Waals surface area (Å²) in [5, 5.41) is 16.8. The first-order valence-corrected chi connectivity index (χ1v) is 6.88. The number of hydrogen-bond donors (Lipinski definition) is 2. The molecule has 0 atom stereocenters. The zero-order valence-corrected chi connectivity index (χ0v) is 14.2. The topological polar surface area (TPSA) is 100 Å². The molecule has 2 aromatic carbocycles. The minimum atomic E-state index is -0.879. The van der Waals surface area contributed by atoms with Crippen LogP contribution in [0.2, 0.25) is 0 Å². The molecular weight excluding hydrogens is 340 g/mol. The van der Waals surface area contributed by atoms with Crippen LogP contribution in [-0.2, 0) is 0 Å². The molecule has 0 amide bonds. The molecule has 3 rings (SSSR count). The van der Waals surface area contributed by atoms with Crippen molar-refractivity contribution in [3.05, 3.63) is 96.6 Å². The average Bonchev–Trinajstić information content (AvgIpc) is 2.65. The van der Waals surface area contributed by atoms with Crippen molar-refractivity contribution in [2.75, 3.05) is 0 Å². The van der Waals surface area contributed by atoms with Gasteiger partial charge in [-0.15, -0.1) is 0 Å². The van der Waals surface area contributed by atoms with Gasteiger partial charge in [0.15, 0.2) is 0 Å². The maximum Gasteiger partial charge on any atom is 0.335 e. The van der Waals surface area contributed by atoms with E-state index in [1.807, 2.05) is 0 Å². The lowest BCUT2D eigenvalue weighted by molar-refractivity contribution is 0.0686. The largest absolute Gasteiger partial charge is 0.478 e. The minimum absolute atomic E-state index is 0. The molecule has 0 unspecified atom stereocenters. The molecule has 0 saturated heterocycles. The zero-order valence-electron chi connectivity index (χ0n) is 13.2. The van der Waals surface area contributed by atoms with Crippen molar-refractivity contribution in [3.63, 3.8) is 0 Å². The molecule has 130 valence electrons. The van der Waals surface area contributed by atoms with Gasteiger partial charge in [-0.1, -0.05) is 36.4 Å². The van der Waals surface area contributed by atoms with Gasteiger partial charge in [-0.2, -0.15) is 13.5 Å². The van der Waals surface area contributed by atoms with Crippen LogP contribution in [0.3, 0.4) is 0 Å². The van der Waals surface area contributed by atoms with E-state index >= 15 is 0 Å². The number of aromatic carboxylic acids is 2. The monoisotopic (exact) mass is 358 g/mol. The van der Waals surface area contributed by atoms with Gasteiger partial charge in [0.05, 0.1) is 11.1 Å². The smallest absolute Gasteiger partial charge is 0.335 e. The van der Waals surface area contributed by atoms with Crippen molar-refractivity contribution in [2.24, 2.45) is 0 Å².